The number of nitrogens with zero attached hydrogens (tertiary/aromatic N) is 2. The molecule has 0 spiro atoms. The number of rotatable bonds is 14. The maximum absolute atomic E-state index is 11.7. The molecule has 0 atom stereocenters. The summed E-state index contributed by atoms with van der Waals surface area (Å²) in [5, 5.41) is 1.87. The monoisotopic (exact) mass is 434 g/mol. The molecule has 0 aromatic rings. The Kier molecular flexibility index (Phi) is 9.72. The van der Waals surface area contributed by atoms with Crippen LogP contribution in [0.15, 0.2) is 24.3 Å². The first-order valence-corrected chi connectivity index (χ1v) is 10.2. The van der Waals surface area contributed by atoms with E-state index in [1.165, 1.54) is 24.3 Å². The molecule has 0 radical (unpaired) electrons. The lowest BCUT2D eigenvalue weighted by atomic mass is 10.2. The van der Waals surface area contributed by atoms with Crippen LogP contribution in [-0.2, 0) is 33.5 Å². The number of amides is 4. The van der Waals surface area contributed by atoms with Gasteiger partial charge in [0, 0.05) is 50.2 Å². The number of nitrogens with one attached hydrogen (secondary N) is 2. The van der Waals surface area contributed by atoms with E-state index in [2.05, 4.69) is 10.9 Å². The van der Waals surface area contributed by atoms with Gasteiger partial charge >= 0.3 is 11.9 Å². The summed E-state index contributed by atoms with van der Waals surface area (Å²) in [7, 11) is 0. The summed E-state index contributed by atoms with van der Waals surface area (Å²) in [6.45, 7) is 0.831. The quantitative estimate of drug-likeness (QED) is 0.168. The van der Waals surface area contributed by atoms with Crippen molar-refractivity contribution in [3.8, 4) is 0 Å². The number of hydrazine groups is 2. The van der Waals surface area contributed by atoms with Crippen molar-refractivity contribution in [2.45, 2.75) is 51.4 Å². The van der Waals surface area contributed by atoms with Crippen LogP contribution in [-0.4, -0.2) is 58.7 Å². The van der Waals surface area contributed by atoms with Crippen molar-refractivity contribution in [1.29, 1.82) is 0 Å². The minimum Gasteiger partial charge on any atom is -0.393 e. The molecule has 4 amide bonds. The van der Waals surface area contributed by atoms with E-state index in [4.69, 9.17) is 4.74 Å². The fourth-order valence-electron chi connectivity index (χ4n) is 2.87. The van der Waals surface area contributed by atoms with Crippen LogP contribution in [0.4, 0.5) is 0 Å². The first-order chi connectivity index (χ1) is 14.9. The van der Waals surface area contributed by atoms with E-state index in [0.29, 0.717) is 51.6 Å². The van der Waals surface area contributed by atoms with Gasteiger partial charge in [0.1, 0.15) is 0 Å². The number of ether oxygens (including phenoxy) is 1. The third kappa shape index (κ3) is 8.22. The topological polar surface area (TPSA) is 142 Å². The number of imide groups is 2. The second-order valence-electron chi connectivity index (χ2n) is 6.97. The van der Waals surface area contributed by atoms with Gasteiger partial charge in [-0.25, -0.2) is 20.9 Å². The zero-order chi connectivity index (χ0) is 22.6. The van der Waals surface area contributed by atoms with E-state index in [9.17, 15) is 28.8 Å². The third-order valence-electron chi connectivity index (χ3n) is 4.50. The number of hydrogen-bond donors (Lipinski definition) is 2. The highest BCUT2D eigenvalue weighted by molar-refractivity contribution is 6.12. The second-order valence-corrected chi connectivity index (χ2v) is 6.97. The van der Waals surface area contributed by atoms with Crippen LogP contribution in [0, 0.1) is 0 Å². The van der Waals surface area contributed by atoms with Gasteiger partial charge in [0.25, 0.3) is 23.6 Å². The van der Waals surface area contributed by atoms with Crippen molar-refractivity contribution in [1.82, 2.24) is 20.9 Å². The van der Waals surface area contributed by atoms with Crippen molar-refractivity contribution in [2.75, 3.05) is 13.1 Å². The Morgan fingerprint density at radius 1 is 0.613 bits per heavy atom. The normalized spacial score (nSPS) is 15.5. The Hall–Kier alpha value is -3.18. The van der Waals surface area contributed by atoms with Gasteiger partial charge in [0.15, 0.2) is 0 Å². The number of hydrogen-bond acceptors (Lipinski definition) is 9. The molecular formula is C20H26N4O7. The lowest BCUT2D eigenvalue weighted by Gasteiger charge is -2.14. The fraction of sp³-hybridized carbons (Fsp3) is 0.500. The highest BCUT2D eigenvalue weighted by Gasteiger charge is 2.23. The van der Waals surface area contributed by atoms with Crippen molar-refractivity contribution < 1.29 is 33.5 Å². The molecule has 2 aliphatic rings. The number of carbonyl (C=O) groups is 6. The standard InChI is InChI=1S/C20H26N4O7/c25-15-9-10-16(26)23(15)21-13-5-1-3-7-19(29)31-20(30)8-4-2-6-14-22-24-17(27)11-12-18(24)28/h9-12,21-22H,1-8,13-14H2. The molecule has 168 valence electrons. The van der Waals surface area contributed by atoms with Crippen molar-refractivity contribution in [3.05, 3.63) is 24.3 Å². The van der Waals surface area contributed by atoms with Crippen LogP contribution in [0.2, 0.25) is 0 Å². The molecule has 2 rings (SSSR count). The average Bonchev–Trinajstić information content (AvgIpc) is 3.22. The highest BCUT2D eigenvalue weighted by atomic mass is 16.6. The summed E-state index contributed by atoms with van der Waals surface area (Å²) >= 11 is 0. The van der Waals surface area contributed by atoms with Gasteiger partial charge in [-0.05, 0) is 25.7 Å². The van der Waals surface area contributed by atoms with Crippen LogP contribution in [0.3, 0.4) is 0 Å². The molecule has 0 aromatic carbocycles. The Morgan fingerprint density at radius 2 is 0.968 bits per heavy atom. The van der Waals surface area contributed by atoms with E-state index in [0.717, 1.165) is 10.0 Å². The van der Waals surface area contributed by atoms with Gasteiger partial charge < -0.3 is 4.74 Å². The van der Waals surface area contributed by atoms with Gasteiger partial charge in [-0.2, -0.15) is 0 Å². The summed E-state index contributed by atoms with van der Waals surface area (Å²) in [6.07, 6.45) is 8.70. The first kappa shape index (κ1) is 24.1. The number of carbonyl (C=O) groups excluding carboxylic acids is 6. The zero-order valence-electron chi connectivity index (χ0n) is 17.1. The lowest BCUT2D eigenvalue weighted by molar-refractivity contribution is -0.160. The van der Waals surface area contributed by atoms with Gasteiger partial charge in [-0.3, -0.25) is 28.8 Å². The minimum atomic E-state index is -0.577. The van der Waals surface area contributed by atoms with Crippen molar-refractivity contribution in [2.24, 2.45) is 0 Å². The smallest absolute Gasteiger partial charge is 0.313 e. The Balaban J connectivity index is 1.41. The summed E-state index contributed by atoms with van der Waals surface area (Å²) in [6, 6.07) is 0. The second kappa shape index (κ2) is 12.5. The molecule has 0 fully saturated rings. The van der Waals surface area contributed by atoms with Crippen LogP contribution >= 0.6 is 0 Å². The molecule has 0 aliphatic carbocycles. The summed E-state index contributed by atoms with van der Waals surface area (Å²) in [4.78, 5) is 68.7. The Labute approximate surface area is 179 Å². The van der Waals surface area contributed by atoms with E-state index in [-0.39, 0.29) is 12.8 Å². The SMILES string of the molecule is O=C(CCCCCNN1C(=O)C=CC1=O)OC(=O)CCCCCNN1C(=O)C=CC1=O. The minimum absolute atomic E-state index is 0.116. The zero-order valence-corrected chi connectivity index (χ0v) is 17.1. The van der Waals surface area contributed by atoms with E-state index in [1.807, 2.05) is 0 Å². The Morgan fingerprint density at radius 3 is 1.32 bits per heavy atom. The summed E-state index contributed by atoms with van der Waals surface area (Å²) in [5.41, 5.74) is 5.43. The van der Waals surface area contributed by atoms with Crippen LogP contribution in [0.5, 0.6) is 0 Å². The van der Waals surface area contributed by atoms with Gasteiger partial charge in [-0.15, -0.1) is 0 Å². The predicted octanol–water partition coefficient (Wildman–Crippen LogP) is 0.0362. The highest BCUT2D eigenvalue weighted by Crippen LogP contribution is 2.06. The van der Waals surface area contributed by atoms with Crippen molar-refractivity contribution >= 4 is 35.6 Å². The molecule has 11 heteroatoms. The van der Waals surface area contributed by atoms with Crippen molar-refractivity contribution in [3.63, 3.8) is 0 Å². The maximum Gasteiger partial charge on any atom is 0.313 e. The molecule has 31 heavy (non-hydrogen) atoms. The van der Waals surface area contributed by atoms with Crippen LogP contribution in [0.1, 0.15) is 51.4 Å². The molecule has 2 N–H and O–H groups in total. The Bertz CT molecular complexity index is 690. The molecular weight excluding hydrogens is 408 g/mol. The molecule has 0 aromatic heterocycles. The molecule has 11 nitrogen and oxygen atoms in total. The summed E-state index contributed by atoms with van der Waals surface area (Å²) in [5.74, 6) is -2.77. The lowest BCUT2D eigenvalue weighted by Crippen LogP contribution is -2.42. The van der Waals surface area contributed by atoms with E-state index in [1.54, 1.807) is 0 Å². The van der Waals surface area contributed by atoms with Gasteiger partial charge in [0.05, 0.1) is 0 Å². The maximum atomic E-state index is 11.7. The van der Waals surface area contributed by atoms with Crippen LogP contribution < -0.4 is 10.9 Å². The van der Waals surface area contributed by atoms with Gasteiger partial charge in [0.2, 0.25) is 0 Å². The fourth-order valence-corrected chi connectivity index (χ4v) is 2.87. The van der Waals surface area contributed by atoms with E-state index < -0.39 is 35.6 Å². The largest absolute Gasteiger partial charge is 0.393 e. The third-order valence-corrected chi connectivity index (χ3v) is 4.50. The first-order valence-electron chi connectivity index (χ1n) is 10.2. The predicted molar refractivity (Wildman–Crippen MR) is 106 cm³/mol. The average molecular weight is 434 g/mol. The molecule has 0 saturated heterocycles. The molecule has 2 aliphatic heterocycles. The molecule has 0 bridgehead atoms. The van der Waals surface area contributed by atoms with Crippen LogP contribution in [0.25, 0.3) is 0 Å². The summed E-state index contributed by atoms with van der Waals surface area (Å²) < 4.78 is 4.76. The molecule has 0 unspecified atom stereocenters. The molecule has 2 heterocycles. The number of esters is 2. The van der Waals surface area contributed by atoms with Gasteiger partial charge in [-0.1, -0.05) is 12.8 Å². The van der Waals surface area contributed by atoms with E-state index >= 15 is 0 Å². The number of unbranched alkanes of at least 4 members (excludes halogenated alkanes) is 4. The molecule has 0 saturated carbocycles.